The number of hydrogen-bond donors (Lipinski definition) is 2. The van der Waals surface area contributed by atoms with E-state index >= 15 is 0 Å². The Morgan fingerprint density at radius 2 is 1.97 bits per heavy atom. The van der Waals surface area contributed by atoms with Gasteiger partial charge < -0.3 is 15.2 Å². The quantitative estimate of drug-likeness (QED) is 0.616. The fourth-order valence-corrected chi connectivity index (χ4v) is 5.44. The highest BCUT2D eigenvalue weighted by Gasteiger charge is 2.28. The zero-order chi connectivity index (χ0) is 20.4. The van der Waals surface area contributed by atoms with E-state index in [9.17, 15) is 4.79 Å². The van der Waals surface area contributed by atoms with Crippen LogP contribution in [-0.2, 0) is 13.0 Å². The zero-order valence-corrected chi connectivity index (χ0v) is 18.1. The van der Waals surface area contributed by atoms with Crippen molar-refractivity contribution in [3.8, 4) is 5.00 Å². The molecule has 0 fully saturated rings. The fourth-order valence-electron chi connectivity index (χ4n) is 3.98. The number of anilines is 1. The van der Waals surface area contributed by atoms with E-state index in [0.29, 0.717) is 0 Å². The summed E-state index contributed by atoms with van der Waals surface area (Å²) in [5, 5.41) is 7.37. The maximum atomic E-state index is 12.7. The molecule has 0 saturated carbocycles. The van der Waals surface area contributed by atoms with E-state index in [1.54, 1.807) is 0 Å². The number of hydrogen-bond acceptors (Lipinski definition) is 3. The van der Waals surface area contributed by atoms with Gasteiger partial charge in [-0.1, -0.05) is 25.1 Å². The van der Waals surface area contributed by atoms with Gasteiger partial charge in [0.1, 0.15) is 5.00 Å². The number of carbonyl (C=O) groups is 1. The van der Waals surface area contributed by atoms with Crippen molar-refractivity contribution in [3.05, 3.63) is 70.4 Å². The number of aryl methyl sites for hydroxylation is 1. The number of rotatable bonds is 5. The Hall–Kier alpha value is -2.57. The molecule has 2 N–H and O–H groups in total. The van der Waals surface area contributed by atoms with Crippen molar-refractivity contribution >= 4 is 23.1 Å². The van der Waals surface area contributed by atoms with E-state index in [2.05, 4.69) is 46.3 Å². The molecule has 3 heterocycles. The maximum Gasteiger partial charge on any atom is 0.319 e. The highest BCUT2D eigenvalue weighted by Crippen LogP contribution is 2.39. The molecule has 0 aliphatic carbocycles. The number of aromatic nitrogens is 1. The topological polar surface area (TPSA) is 49.3 Å². The Kier molecular flexibility index (Phi) is 5.74. The number of fused-ring (bicyclic) bond motifs is 1. The second-order valence-corrected chi connectivity index (χ2v) is 8.65. The van der Waals surface area contributed by atoms with Crippen LogP contribution in [0.4, 0.5) is 10.5 Å². The minimum atomic E-state index is -0.170. The number of nitrogens with one attached hydrogen (secondary N) is 2. The van der Waals surface area contributed by atoms with Gasteiger partial charge in [0.15, 0.2) is 0 Å². The summed E-state index contributed by atoms with van der Waals surface area (Å²) >= 11 is 1.85. The lowest BCUT2D eigenvalue weighted by molar-refractivity contribution is 0.249. The molecule has 1 aromatic carbocycles. The largest absolute Gasteiger partial charge is 0.331 e. The van der Waals surface area contributed by atoms with E-state index < -0.39 is 0 Å². The van der Waals surface area contributed by atoms with Crippen molar-refractivity contribution < 1.29 is 4.79 Å². The van der Waals surface area contributed by atoms with E-state index in [0.717, 1.165) is 37.3 Å². The Morgan fingerprint density at radius 1 is 1.21 bits per heavy atom. The summed E-state index contributed by atoms with van der Waals surface area (Å²) in [6.45, 7) is 9.43. The van der Waals surface area contributed by atoms with E-state index in [4.69, 9.17) is 0 Å². The molecule has 2 amide bonds. The second-order valence-electron chi connectivity index (χ2n) is 7.57. The van der Waals surface area contributed by atoms with Gasteiger partial charge in [0, 0.05) is 41.6 Å². The molecule has 6 heteroatoms. The van der Waals surface area contributed by atoms with E-state index in [1.165, 1.54) is 21.0 Å². The van der Waals surface area contributed by atoms with Crippen molar-refractivity contribution in [3.63, 3.8) is 0 Å². The summed E-state index contributed by atoms with van der Waals surface area (Å²) in [4.78, 5) is 16.6. The van der Waals surface area contributed by atoms with Gasteiger partial charge in [-0.15, -0.1) is 11.3 Å². The fraction of sp³-hybridized carbons (Fsp3) is 0.348. The molecule has 1 aliphatic rings. The molecule has 4 rings (SSSR count). The number of thiophene rings is 1. The summed E-state index contributed by atoms with van der Waals surface area (Å²) in [5.74, 6) is 0. The summed E-state index contributed by atoms with van der Waals surface area (Å²) in [6, 6.07) is 11.7. The van der Waals surface area contributed by atoms with Gasteiger partial charge in [0.05, 0.1) is 6.04 Å². The third-order valence-electron chi connectivity index (χ3n) is 5.62. The van der Waals surface area contributed by atoms with Crippen LogP contribution in [0, 0.1) is 6.92 Å². The van der Waals surface area contributed by atoms with Crippen LogP contribution in [0.15, 0.2) is 48.8 Å². The minimum Gasteiger partial charge on any atom is -0.331 e. The molecule has 1 aliphatic heterocycles. The number of amides is 2. The summed E-state index contributed by atoms with van der Waals surface area (Å²) in [5.41, 5.74) is 4.55. The van der Waals surface area contributed by atoms with Gasteiger partial charge in [-0.25, -0.2) is 4.79 Å². The number of likely N-dealkylation sites (N-methyl/N-ethyl adjacent to an activating group) is 1. The summed E-state index contributed by atoms with van der Waals surface area (Å²) in [7, 11) is 0. The van der Waals surface area contributed by atoms with Crippen molar-refractivity contribution in [1.82, 2.24) is 14.8 Å². The monoisotopic (exact) mass is 408 g/mol. The second kappa shape index (κ2) is 8.43. The van der Waals surface area contributed by atoms with Crippen LogP contribution in [-0.4, -0.2) is 28.6 Å². The molecule has 0 saturated heterocycles. The predicted octanol–water partition coefficient (Wildman–Crippen LogP) is 5.11. The van der Waals surface area contributed by atoms with Crippen molar-refractivity contribution in [1.29, 1.82) is 0 Å². The van der Waals surface area contributed by atoms with Crippen molar-refractivity contribution in [2.24, 2.45) is 0 Å². The number of para-hydroxylation sites is 1. The summed E-state index contributed by atoms with van der Waals surface area (Å²) in [6.07, 6.45) is 5.19. The summed E-state index contributed by atoms with van der Waals surface area (Å²) < 4.78 is 2.17. The van der Waals surface area contributed by atoms with Gasteiger partial charge in [0.2, 0.25) is 0 Å². The first-order valence-corrected chi connectivity index (χ1v) is 11.0. The Bertz CT molecular complexity index is 992. The third-order valence-corrected chi connectivity index (χ3v) is 6.86. The molecular weight excluding hydrogens is 380 g/mol. The van der Waals surface area contributed by atoms with Crippen LogP contribution in [0.25, 0.3) is 5.00 Å². The van der Waals surface area contributed by atoms with Gasteiger partial charge >= 0.3 is 6.03 Å². The number of benzene rings is 1. The molecule has 0 bridgehead atoms. The molecule has 29 heavy (non-hydrogen) atoms. The molecule has 1 atom stereocenters. The number of nitrogens with zero attached hydrogens (tertiary/aromatic N) is 2. The average molecular weight is 409 g/mol. The van der Waals surface area contributed by atoms with Gasteiger partial charge in [0.25, 0.3) is 0 Å². The van der Waals surface area contributed by atoms with Crippen LogP contribution >= 0.6 is 11.3 Å². The molecular formula is C23H28N4OS. The Labute approximate surface area is 176 Å². The Morgan fingerprint density at radius 3 is 2.69 bits per heavy atom. The molecule has 2 aromatic heterocycles. The smallest absolute Gasteiger partial charge is 0.319 e. The van der Waals surface area contributed by atoms with Crippen LogP contribution in [0.5, 0.6) is 0 Å². The molecule has 3 aromatic rings. The zero-order valence-electron chi connectivity index (χ0n) is 17.2. The number of urea groups is 1. The van der Waals surface area contributed by atoms with Gasteiger partial charge in [-0.2, -0.15) is 0 Å². The predicted molar refractivity (Wildman–Crippen MR) is 120 cm³/mol. The molecule has 0 spiro atoms. The van der Waals surface area contributed by atoms with Crippen LogP contribution in [0.1, 0.15) is 41.5 Å². The standard InChI is InChI=1S/C23H28N4OS/c1-4-26-14-11-18-20(15-26)29-22(27-12-7-8-13-27)21(18)17(3)24-23(28)25-19-10-6-5-9-16(19)2/h5-10,12-13,17H,4,11,14-15H2,1-3H3,(H2,24,25,28)/t17-/m0/s1. The van der Waals surface area contributed by atoms with Crippen LogP contribution in [0.2, 0.25) is 0 Å². The van der Waals surface area contributed by atoms with Crippen LogP contribution < -0.4 is 10.6 Å². The first-order chi connectivity index (χ1) is 14.1. The SMILES string of the molecule is CCN1CCc2c(sc(-n3cccc3)c2[C@H](C)NC(=O)Nc2ccccc2C)C1. The lowest BCUT2D eigenvalue weighted by Gasteiger charge is -2.26. The van der Waals surface area contributed by atoms with Gasteiger partial charge in [-0.3, -0.25) is 4.90 Å². The molecule has 0 unspecified atom stereocenters. The lowest BCUT2D eigenvalue weighted by atomic mass is 9.98. The molecule has 152 valence electrons. The van der Waals surface area contributed by atoms with Crippen LogP contribution in [0.3, 0.4) is 0 Å². The van der Waals surface area contributed by atoms with Crippen molar-refractivity contribution in [2.75, 3.05) is 18.4 Å². The Balaban J connectivity index is 1.60. The highest BCUT2D eigenvalue weighted by molar-refractivity contribution is 7.15. The highest BCUT2D eigenvalue weighted by atomic mass is 32.1. The number of carbonyl (C=O) groups excluding carboxylic acids is 1. The maximum absolute atomic E-state index is 12.7. The van der Waals surface area contributed by atoms with E-state index in [-0.39, 0.29) is 12.1 Å². The van der Waals surface area contributed by atoms with Crippen molar-refractivity contribution in [2.45, 2.75) is 39.8 Å². The third kappa shape index (κ3) is 4.09. The first kappa shape index (κ1) is 19.7. The average Bonchev–Trinajstić information content (AvgIpc) is 3.36. The first-order valence-electron chi connectivity index (χ1n) is 10.2. The van der Waals surface area contributed by atoms with E-state index in [1.807, 2.05) is 54.7 Å². The lowest BCUT2D eigenvalue weighted by Crippen LogP contribution is -2.33. The normalized spacial score (nSPS) is 15.0. The minimum absolute atomic E-state index is 0.0791. The van der Waals surface area contributed by atoms with Gasteiger partial charge in [-0.05, 0) is 56.1 Å². The molecule has 0 radical (unpaired) electrons. The molecule has 5 nitrogen and oxygen atoms in total.